The van der Waals surface area contributed by atoms with Crippen LogP contribution in [0.4, 0.5) is 0 Å². The molecule has 0 bridgehead atoms. The van der Waals surface area contributed by atoms with E-state index in [2.05, 4.69) is 10.5 Å². The lowest BCUT2D eigenvalue weighted by Gasteiger charge is -2.10. The molecule has 3 rings (SSSR count). The quantitative estimate of drug-likeness (QED) is 0.512. The zero-order valence-electron chi connectivity index (χ0n) is 13.4. The molecule has 1 heterocycles. The average Bonchev–Trinajstić information content (AvgIpc) is 3.14. The first-order valence-electron chi connectivity index (χ1n) is 7.58. The number of carbonyl (C=O) groups excluding carboxylic acids is 1. The number of para-hydroxylation sites is 1. The van der Waals surface area contributed by atoms with Gasteiger partial charge in [-0.1, -0.05) is 41.4 Å². The van der Waals surface area contributed by atoms with E-state index < -0.39 is 0 Å². The summed E-state index contributed by atoms with van der Waals surface area (Å²) in [7, 11) is 0. The zero-order valence-corrected chi connectivity index (χ0v) is 14.9. The van der Waals surface area contributed by atoms with Crippen LogP contribution in [0.3, 0.4) is 0 Å². The third-order valence-electron chi connectivity index (χ3n) is 3.68. The summed E-state index contributed by atoms with van der Waals surface area (Å²) in [5, 5.41) is 5.19. The molecule has 4 nitrogen and oxygen atoms in total. The largest absolute Gasteiger partial charge is 0.323 e. The van der Waals surface area contributed by atoms with Crippen LogP contribution < -0.4 is 5.43 Å². The first-order valence-corrected chi connectivity index (χ1v) is 8.34. The molecule has 0 aliphatic rings. The highest BCUT2D eigenvalue weighted by atomic mass is 35.5. The Kier molecular flexibility index (Phi) is 5.22. The van der Waals surface area contributed by atoms with Crippen molar-refractivity contribution in [3.8, 4) is 5.69 Å². The Morgan fingerprint density at radius 2 is 1.72 bits per heavy atom. The number of nitrogens with one attached hydrogen (secondary N) is 1. The van der Waals surface area contributed by atoms with Gasteiger partial charge in [-0.25, -0.2) is 5.43 Å². The van der Waals surface area contributed by atoms with Gasteiger partial charge in [0.1, 0.15) is 0 Å². The fourth-order valence-electron chi connectivity index (χ4n) is 2.42. The molecule has 2 aromatic carbocycles. The van der Waals surface area contributed by atoms with Crippen molar-refractivity contribution in [3.63, 3.8) is 0 Å². The van der Waals surface area contributed by atoms with Crippen LogP contribution in [0.25, 0.3) is 5.69 Å². The molecule has 126 valence electrons. The van der Waals surface area contributed by atoms with Crippen LogP contribution in [0, 0.1) is 0 Å². The predicted molar refractivity (Wildman–Crippen MR) is 102 cm³/mol. The first-order chi connectivity index (χ1) is 12.1. The van der Waals surface area contributed by atoms with Crippen LogP contribution in [0.15, 0.2) is 72.1 Å². The van der Waals surface area contributed by atoms with E-state index in [1.165, 1.54) is 0 Å². The number of rotatable bonds is 4. The maximum absolute atomic E-state index is 12.5. The molecule has 0 aliphatic carbocycles. The summed E-state index contributed by atoms with van der Waals surface area (Å²) in [6.07, 6.45) is 3.77. The Morgan fingerprint density at radius 3 is 2.44 bits per heavy atom. The fraction of sp³-hybridized carbons (Fsp3) is 0.0526. The smallest absolute Gasteiger partial charge is 0.273 e. The van der Waals surface area contributed by atoms with Gasteiger partial charge in [0.25, 0.3) is 5.91 Å². The lowest BCUT2D eigenvalue weighted by atomic mass is 10.1. The number of aromatic nitrogens is 1. The number of nitrogens with zero attached hydrogens (tertiary/aromatic N) is 2. The number of hydrazone groups is 1. The van der Waals surface area contributed by atoms with Crippen molar-refractivity contribution in [2.24, 2.45) is 5.10 Å². The number of hydrogen-bond donors (Lipinski definition) is 1. The van der Waals surface area contributed by atoms with Crippen molar-refractivity contribution in [2.75, 3.05) is 0 Å². The normalized spacial score (nSPS) is 11.4. The highest BCUT2D eigenvalue weighted by molar-refractivity contribution is 6.37. The predicted octanol–water partition coefficient (Wildman–Crippen LogP) is 4.94. The third-order valence-corrected chi connectivity index (χ3v) is 4.23. The lowest BCUT2D eigenvalue weighted by Crippen LogP contribution is -2.21. The molecule has 0 atom stereocenters. The van der Waals surface area contributed by atoms with Crippen LogP contribution in [-0.4, -0.2) is 16.2 Å². The van der Waals surface area contributed by atoms with E-state index in [1.54, 1.807) is 31.2 Å². The fourth-order valence-corrected chi connectivity index (χ4v) is 2.97. The molecule has 3 aromatic rings. The monoisotopic (exact) mass is 371 g/mol. The standard InChI is InChI=1S/C19H15Cl2N3O/c1-13(15-9-8-14(20)12-17(15)21)22-23-19(25)16-6-2-3-7-18(16)24-10-4-5-11-24/h2-12H,1H3,(H,23,25). The highest BCUT2D eigenvalue weighted by Gasteiger charge is 2.12. The van der Waals surface area contributed by atoms with Gasteiger partial charge in [-0.05, 0) is 43.3 Å². The molecule has 6 heteroatoms. The minimum Gasteiger partial charge on any atom is -0.323 e. The van der Waals surface area contributed by atoms with Crippen molar-refractivity contribution < 1.29 is 4.79 Å². The average molecular weight is 372 g/mol. The summed E-state index contributed by atoms with van der Waals surface area (Å²) in [6.45, 7) is 1.77. The summed E-state index contributed by atoms with van der Waals surface area (Å²) in [5.41, 5.74) is 5.20. The summed E-state index contributed by atoms with van der Waals surface area (Å²) >= 11 is 12.1. The van der Waals surface area contributed by atoms with Crippen LogP contribution in [0.5, 0.6) is 0 Å². The highest BCUT2D eigenvalue weighted by Crippen LogP contribution is 2.21. The maximum Gasteiger partial charge on any atom is 0.273 e. The van der Waals surface area contributed by atoms with Gasteiger partial charge < -0.3 is 4.57 Å². The Bertz CT molecular complexity index is 934. The minimum absolute atomic E-state index is 0.297. The van der Waals surface area contributed by atoms with Crippen molar-refractivity contribution in [1.82, 2.24) is 9.99 Å². The van der Waals surface area contributed by atoms with E-state index in [9.17, 15) is 4.79 Å². The molecule has 1 amide bonds. The topological polar surface area (TPSA) is 46.4 Å². The van der Waals surface area contributed by atoms with E-state index in [4.69, 9.17) is 23.2 Å². The van der Waals surface area contributed by atoms with Crippen LogP contribution in [0.2, 0.25) is 10.0 Å². The van der Waals surface area contributed by atoms with Gasteiger partial charge in [-0.2, -0.15) is 5.10 Å². The van der Waals surface area contributed by atoms with Crippen LogP contribution in [-0.2, 0) is 0 Å². The molecule has 0 aliphatic heterocycles. The van der Waals surface area contributed by atoms with Gasteiger partial charge in [0.2, 0.25) is 0 Å². The van der Waals surface area contributed by atoms with Gasteiger partial charge in [-0.15, -0.1) is 0 Å². The number of amides is 1. The Morgan fingerprint density at radius 1 is 1.00 bits per heavy atom. The summed E-state index contributed by atoms with van der Waals surface area (Å²) in [5.74, 6) is -0.297. The van der Waals surface area contributed by atoms with E-state index >= 15 is 0 Å². The van der Waals surface area contributed by atoms with Crippen molar-refractivity contribution in [2.45, 2.75) is 6.92 Å². The third kappa shape index (κ3) is 3.92. The van der Waals surface area contributed by atoms with E-state index in [0.29, 0.717) is 26.9 Å². The lowest BCUT2D eigenvalue weighted by molar-refractivity contribution is 0.0955. The number of benzene rings is 2. The molecule has 0 radical (unpaired) electrons. The van der Waals surface area contributed by atoms with E-state index in [1.807, 2.05) is 47.3 Å². The maximum atomic E-state index is 12.5. The van der Waals surface area contributed by atoms with E-state index in [0.717, 1.165) is 5.69 Å². The van der Waals surface area contributed by atoms with E-state index in [-0.39, 0.29) is 5.91 Å². The van der Waals surface area contributed by atoms with Crippen molar-refractivity contribution in [3.05, 3.63) is 88.2 Å². The van der Waals surface area contributed by atoms with Crippen molar-refractivity contribution in [1.29, 1.82) is 0 Å². The molecular weight excluding hydrogens is 357 g/mol. The zero-order chi connectivity index (χ0) is 17.8. The molecule has 1 N–H and O–H groups in total. The summed E-state index contributed by atoms with van der Waals surface area (Å²) in [4.78, 5) is 12.5. The molecule has 0 fully saturated rings. The molecular formula is C19H15Cl2N3O. The number of hydrogen-bond acceptors (Lipinski definition) is 2. The van der Waals surface area contributed by atoms with Gasteiger partial charge in [0.05, 0.1) is 22.0 Å². The molecule has 0 saturated heterocycles. The summed E-state index contributed by atoms with van der Waals surface area (Å²) in [6, 6.07) is 16.3. The second-order valence-electron chi connectivity index (χ2n) is 5.37. The first kappa shape index (κ1) is 17.3. The second-order valence-corrected chi connectivity index (χ2v) is 6.21. The van der Waals surface area contributed by atoms with Crippen LogP contribution >= 0.6 is 23.2 Å². The van der Waals surface area contributed by atoms with Gasteiger partial charge in [0, 0.05) is 23.0 Å². The summed E-state index contributed by atoms with van der Waals surface area (Å²) < 4.78 is 1.88. The minimum atomic E-state index is -0.297. The number of carbonyl (C=O) groups is 1. The molecule has 0 unspecified atom stereocenters. The molecule has 0 saturated carbocycles. The van der Waals surface area contributed by atoms with Crippen molar-refractivity contribution >= 4 is 34.8 Å². The van der Waals surface area contributed by atoms with Gasteiger partial charge in [0.15, 0.2) is 0 Å². The SMILES string of the molecule is CC(=NNC(=O)c1ccccc1-n1cccc1)c1ccc(Cl)cc1Cl. The molecule has 25 heavy (non-hydrogen) atoms. The molecule has 1 aromatic heterocycles. The van der Waals surface area contributed by atoms with Crippen LogP contribution in [0.1, 0.15) is 22.8 Å². The Balaban J connectivity index is 1.84. The Hall–Kier alpha value is -2.56. The van der Waals surface area contributed by atoms with Gasteiger partial charge >= 0.3 is 0 Å². The number of halogens is 2. The second kappa shape index (κ2) is 7.55. The van der Waals surface area contributed by atoms with Gasteiger partial charge in [-0.3, -0.25) is 4.79 Å². The molecule has 0 spiro atoms. The Labute approximate surface area is 155 Å².